The van der Waals surface area contributed by atoms with Crippen LogP contribution in [0.4, 0.5) is 11.5 Å². The summed E-state index contributed by atoms with van der Waals surface area (Å²) in [4.78, 5) is 21.6. The molecule has 9 heteroatoms. The van der Waals surface area contributed by atoms with Crippen LogP contribution in [0.25, 0.3) is 22.8 Å². The third kappa shape index (κ3) is 3.25. The number of aryl methyl sites for hydroxylation is 2. The molecule has 0 spiro atoms. The standard InChI is InChI=1S/C19H15ClN6O2/c1-12-22-19(24-28-12)15-9-17(25(2)23-15)13-7-8-18(21-10-13)26(11-27)16-6-4-3-5-14(16)20/h3-11H,1-2H3. The molecule has 28 heavy (non-hydrogen) atoms. The highest BCUT2D eigenvalue weighted by molar-refractivity contribution is 6.33. The van der Waals surface area contributed by atoms with Gasteiger partial charge in [0.05, 0.1) is 16.4 Å². The highest BCUT2D eigenvalue weighted by atomic mass is 35.5. The second-order valence-corrected chi connectivity index (χ2v) is 6.41. The quantitative estimate of drug-likeness (QED) is 0.478. The van der Waals surface area contributed by atoms with Crippen LogP contribution in [0, 0.1) is 6.92 Å². The van der Waals surface area contributed by atoms with Crippen LogP contribution in [0.3, 0.4) is 0 Å². The molecule has 3 aromatic heterocycles. The highest BCUT2D eigenvalue weighted by Gasteiger charge is 2.16. The van der Waals surface area contributed by atoms with E-state index in [2.05, 4.69) is 20.2 Å². The van der Waals surface area contributed by atoms with E-state index in [1.807, 2.05) is 25.2 Å². The molecule has 8 nitrogen and oxygen atoms in total. The molecule has 0 aliphatic carbocycles. The van der Waals surface area contributed by atoms with E-state index >= 15 is 0 Å². The number of para-hydroxylation sites is 1. The zero-order chi connectivity index (χ0) is 19.7. The maximum absolute atomic E-state index is 11.6. The minimum atomic E-state index is 0.426. The molecular weight excluding hydrogens is 380 g/mol. The molecule has 0 unspecified atom stereocenters. The molecule has 3 heterocycles. The first-order valence-corrected chi connectivity index (χ1v) is 8.75. The first kappa shape index (κ1) is 17.9. The third-order valence-corrected chi connectivity index (χ3v) is 4.46. The molecule has 1 amide bonds. The Hall–Kier alpha value is -3.52. The number of carbonyl (C=O) groups excluding carboxylic acids is 1. The number of hydrogen-bond acceptors (Lipinski definition) is 6. The van der Waals surface area contributed by atoms with Crippen molar-refractivity contribution in [2.75, 3.05) is 4.90 Å². The zero-order valence-corrected chi connectivity index (χ0v) is 15.8. The van der Waals surface area contributed by atoms with Gasteiger partial charge in [0.1, 0.15) is 11.5 Å². The normalized spacial score (nSPS) is 10.8. The highest BCUT2D eigenvalue weighted by Crippen LogP contribution is 2.31. The fourth-order valence-electron chi connectivity index (χ4n) is 2.81. The number of rotatable bonds is 5. The lowest BCUT2D eigenvalue weighted by molar-refractivity contribution is -0.106. The van der Waals surface area contributed by atoms with Gasteiger partial charge in [0.25, 0.3) is 0 Å². The summed E-state index contributed by atoms with van der Waals surface area (Å²) in [5.74, 6) is 1.36. The second kappa shape index (κ2) is 7.24. The van der Waals surface area contributed by atoms with Crippen LogP contribution in [0.2, 0.25) is 5.02 Å². The largest absolute Gasteiger partial charge is 0.339 e. The average Bonchev–Trinajstić information content (AvgIpc) is 3.30. The van der Waals surface area contributed by atoms with Crippen molar-refractivity contribution >= 4 is 29.5 Å². The second-order valence-electron chi connectivity index (χ2n) is 6.01. The molecular formula is C19H15ClN6O2. The number of carbonyl (C=O) groups is 1. The third-order valence-electron chi connectivity index (χ3n) is 4.14. The van der Waals surface area contributed by atoms with E-state index in [-0.39, 0.29) is 0 Å². The molecule has 140 valence electrons. The van der Waals surface area contributed by atoms with Gasteiger partial charge in [0.15, 0.2) is 0 Å². The van der Waals surface area contributed by atoms with E-state index in [1.165, 1.54) is 4.90 Å². The van der Waals surface area contributed by atoms with Gasteiger partial charge in [-0.25, -0.2) is 4.98 Å². The van der Waals surface area contributed by atoms with Crippen molar-refractivity contribution in [2.45, 2.75) is 6.92 Å². The van der Waals surface area contributed by atoms with Gasteiger partial charge in [-0.1, -0.05) is 28.9 Å². The Morgan fingerprint density at radius 2 is 2.04 bits per heavy atom. The Kier molecular flexibility index (Phi) is 4.62. The SMILES string of the molecule is Cc1nc(-c2cc(-c3ccc(N(C=O)c4ccccc4Cl)nc3)n(C)n2)no1. The summed E-state index contributed by atoms with van der Waals surface area (Å²) in [6, 6.07) is 12.5. The molecule has 4 aromatic rings. The van der Waals surface area contributed by atoms with Crippen molar-refractivity contribution in [2.24, 2.45) is 7.05 Å². The summed E-state index contributed by atoms with van der Waals surface area (Å²) in [6.07, 6.45) is 2.36. The van der Waals surface area contributed by atoms with Gasteiger partial charge in [-0.05, 0) is 30.3 Å². The zero-order valence-electron chi connectivity index (χ0n) is 15.1. The van der Waals surface area contributed by atoms with Crippen molar-refractivity contribution in [3.8, 4) is 22.8 Å². The molecule has 0 fully saturated rings. The van der Waals surface area contributed by atoms with E-state index in [0.717, 1.165) is 11.3 Å². The smallest absolute Gasteiger partial charge is 0.223 e. The minimum absolute atomic E-state index is 0.426. The maximum Gasteiger partial charge on any atom is 0.223 e. The molecule has 1 aromatic carbocycles. The lowest BCUT2D eigenvalue weighted by Crippen LogP contribution is -2.15. The van der Waals surface area contributed by atoms with Crippen LogP contribution in [-0.4, -0.2) is 31.3 Å². The Morgan fingerprint density at radius 1 is 1.21 bits per heavy atom. The number of benzene rings is 1. The van der Waals surface area contributed by atoms with Crippen molar-refractivity contribution in [1.29, 1.82) is 0 Å². The van der Waals surface area contributed by atoms with E-state index in [0.29, 0.717) is 40.3 Å². The van der Waals surface area contributed by atoms with E-state index in [1.54, 1.807) is 42.1 Å². The number of anilines is 2. The first-order valence-electron chi connectivity index (χ1n) is 8.37. The topological polar surface area (TPSA) is 89.9 Å². The van der Waals surface area contributed by atoms with Crippen molar-refractivity contribution in [3.63, 3.8) is 0 Å². The number of amides is 1. The van der Waals surface area contributed by atoms with Crippen molar-refractivity contribution in [1.82, 2.24) is 24.9 Å². The Labute approximate surface area is 165 Å². The fraction of sp³-hybridized carbons (Fsp3) is 0.105. The molecule has 0 bridgehead atoms. The van der Waals surface area contributed by atoms with Gasteiger partial charge < -0.3 is 4.52 Å². The molecule has 0 atom stereocenters. The summed E-state index contributed by atoms with van der Waals surface area (Å²) in [7, 11) is 1.82. The van der Waals surface area contributed by atoms with Crippen LogP contribution in [0.1, 0.15) is 5.89 Å². The van der Waals surface area contributed by atoms with Crippen LogP contribution < -0.4 is 4.90 Å². The predicted molar refractivity (Wildman–Crippen MR) is 104 cm³/mol. The van der Waals surface area contributed by atoms with Gasteiger partial charge >= 0.3 is 0 Å². The van der Waals surface area contributed by atoms with E-state index in [9.17, 15) is 4.79 Å². The summed E-state index contributed by atoms with van der Waals surface area (Å²) in [5.41, 5.74) is 2.82. The van der Waals surface area contributed by atoms with Gasteiger partial charge in [-0.2, -0.15) is 10.1 Å². The van der Waals surface area contributed by atoms with Crippen LogP contribution in [0.15, 0.2) is 53.2 Å². The number of halogens is 1. The molecule has 4 rings (SSSR count). The molecule has 0 saturated heterocycles. The summed E-state index contributed by atoms with van der Waals surface area (Å²) >= 11 is 6.20. The van der Waals surface area contributed by atoms with E-state index < -0.39 is 0 Å². The van der Waals surface area contributed by atoms with Crippen molar-refractivity contribution < 1.29 is 9.32 Å². The van der Waals surface area contributed by atoms with Gasteiger partial charge in [0, 0.05) is 25.7 Å². The summed E-state index contributed by atoms with van der Waals surface area (Å²) < 4.78 is 6.72. The lowest BCUT2D eigenvalue weighted by atomic mass is 10.2. The maximum atomic E-state index is 11.6. The molecule has 0 N–H and O–H groups in total. The lowest BCUT2D eigenvalue weighted by Gasteiger charge is -2.17. The monoisotopic (exact) mass is 394 g/mol. The Balaban J connectivity index is 1.66. The summed E-state index contributed by atoms with van der Waals surface area (Å²) in [5, 5.41) is 8.78. The van der Waals surface area contributed by atoms with Gasteiger partial charge in [-0.3, -0.25) is 14.4 Å². The number of hydrogen-bond donors (Lipinski definition) is 0. The molecule has 0 aliphatic heterocycles. The fourth-order valence-corrected chi connectivity index (χ4v) is 3.04. The number of nitrogens with zero attached hydrogens (tertiary/aromatic N) is 6. The predicted octanol–water partition coefficient (Wildman–Crippen LogP) is 3.79. The minimum Gasteiger partial charge on any atom is -0.339 e. The Morgan fingerprint density at radius 3 is 2.68 bits per heavy atom. The molecule has 0 saturated carbocycles. The molecule has 0 aliphatic rings. The number of pyridine rings is 1. The molecule has 0 radical (unpaired) electrons. The summed E-state index contributed by atoms with van der Waals surface area (Å²) in [6.45, 7) is 1.72. The first-order chi connectivity index (χ1) is 13.6. The van der Waals surface area contributed by atoms with E-state index in [4.69, 9.17) is 16.1 Å². The Bertz CT molecular complexity index is 1140. The average molecular weight is 395 g/mol. The van der Waals surface area contributed by atoms with Crippen LogP contribution in [0.5, 0.6) is 0 Å². The number of aromatic nitrogens is 5. The van der Waals surface area contributed by atoms with Crippen LogP contribution >= 0.6 is 11.6 Å². The van der Waals surface area contributed by atoms with Crippen LogP contribution in [-0.2, 0) is 11.8 Å². The van der Waals surface area contributed by atoms with Gasteiger partial charge in [0.2, 0.25) is 18.1 Å². The van der Waals surface area contributed by atoms with Gasteiger partial charge in [-0.15, -0.1) is 0 Å². The van der Waals surface area contributed by atoms with Crippen molar-refractivity contribution in [3.05, 3.63) is 59.6 Å².